The molecule has 2 aliphatic carbocycles. The quantitative estimate of drug-likeness (QED) is 0.607. The Hall–Kier alpha value is -3.07. The number of pyridine rings is 1. The zero-order valence-corrected chi connectivity index (χ0v) is 20.7. The van der Waals surface area contributed by atoms with Gasteiger partial charge in [-0.3, -0.25) is 9.69 Å². The number of nitrogens with zero attached hydrogens (tertiary/aromatic N) is 7. The van der Waals surface area contributed by atoms with Gasteiger partial charge in [-0.05, 0) is 45.2 Å². The summed E-state index contributed by atoms with van der Waals surface area (Å²) in [6.07, 6.45) is 10.9. The molecule has 4 heterocycles. The van der Waals surface area contributed by atoms with Gasteiger partial charge in [0.25, 0.3) is 0 Å². The van der Waals surface area contributed by atoms with Gasteiger partial charge >= 0.3 is 0 Å². The van der Waals surface area contributed by atoms with E-state index in [4.69, 9.17) is 4.98 Å². The van der Waals surface area contributed by atoms with Gasteiger partial charge in [-0.25, -0.2) is 14.5 Å². The van der Waals surface area contributed by atoms with E-state index in [1.165, 1.54) is 19.3 Å². The SMILES string of the molecule is CC(C)N1CCN(c2ccc(Nc3ncn4nc5c(c4n3)C3(CCCCC3)CCC5=O)nc2)CC1. The molecule has 0 atom stereocenters. The van der Waals surface area contributed by atoms with Crippen molar-refractivity contribution in [3.63, 3.8) is 0 Å². The first-order valence-electron chi connectivity index (χ1n) is 13.0. The van der Waals surface area contributed by atoms with Crippen molar-refractivity contribution in [2.75, 3.05) is 36.4 Å². The minimum atomic E-state index is 0.0222. The molecule has 0 radical (unpaired) electrons. The molecule has 9 nitrogen and oxygen atoms in total. The lowest BCUT2D eigenvalue weighted by atomic mass is 9.63. The summed E-state index contributed by atoms with van der Waals surface area (Å²) < 4.78 is 1.68. The Bertz CT molecular complexity index is 1220. The van der Waals surface area contributed by atoms with E-state index in [0.29, 0.717) is 29.9 Å². The van der Waals surface area contributed by atoms with Crippen molar-refractivity contribution in [3.05, 3.63) is 35.9 Å². The molecule has 1 N–H and O–H groups in total. The van der Waals surface area contributed by atoms with Crippen molar-refractivity contribution in [2.45, 2.75) is 70.3 Å². The summed E-state index contributed by atoms with van der Waals surface area (Å²) in [4.78, 5) is 31.5. The van der Waals surface area contributed by atoms with Gasteiger partial charge in [-0.1, -0.05) is 19.3 Å². The van der Waals surface area contributed by atoms with Crippen LogP contribution in [0.1, 0.15) is 74.8 Å². The van der Waals surface area contributed by atoms with Gasteiger partial charge in [0.15, 0.2) is 11.4 Å². The van der Waals surface area contributed by atoms with Crippen molar-refractivity contribution >= 4 is 28.9 Å². The monoisotopic (exact) mass is 474 g/mol. The highest BCUT2D eigenvalue weighted by atomic mass is 16.1. The summed E-state index contributed by atoms with van der Waals surface area (Å²) in [5, 5.41) is 7.86. The van der Waals surface area contributed by atoms with Gasteiger partial charge in [0, 0.05) is 49.6 Å². The van der Waals surface area contributed by atoms with Crippen molar-refractivity contribution in [2.24, 2.45) is 0 Å². The van der Waals surface area contributed by atoms with Crippen molar-refractivity contribution in [1.29, 1.82) is 0 Å². The second-order valence-corrected chi connectivity index (χ2v) is 10.6. The third-order valence-electron chi connectivity index (χ3n) is 8.22. The highest BCUT2D eigenvalue weighted by Crippen LogP contribution is 2.48. The Balaban J connectivity index is 1.24. The number of Topliss-reactive ketones (excluding diaryl/α,β-unsaturated/α-hetero) is 1. The van der Waals surface area contributed by atoms with E-state index in [1.54, 1.807) is 10.8 Å². The Morgan fingerprint density at radius 1 is 1.00 bits per heavy atom. The van der Waals surface area contributed by atoms with Crippen LogP contribution in [0.2, 0.25) is 0 Å². The molecular formula is C26H34N8O. The molecule has 1 spiro atoms. The predicted molar refractivity (Wildman–Crippen MR) is 136 cm³/mol. The maximum absolute atomic E-state index is 12.7. The van der Waals surface area contributed by atoms with E-state index < -0.39 is 0 Å². The van der Waals surface area contributed by atoms with Gasteiger partial charge in [-0.15, -0.1) is 0 Å². The molecule has 1 saturated heterocycles. The molecule has 184 valence electrons. The number of hydrogen-bond donors (Lipinski definition) is 1. The third-order valence-corrected chi connectivity index (χ3v) is 8.22. The zero-order valence-electron chi connectivity index (χ0n) is 20.7. The predicted octanol–water partition coefficient (Wildman–Crippen LogP) is 3.97. The van der Waals surface area contributed by atoms with Crippen LogP contribution in [-0.2, 0) is 5.41 Å². The number of fused-ring (bicyclic) bond motifs is 4. The van der Waals surface area contributed by atoms with E-state index in [0.717, 1.165) is 62.3 Å². The van der Waals surface area contributed by atoms with E-state index in [9.17, 15) is 4.79 Å². The number of hydrogen-bond acceptors (Lipinski definition) is 8. The molecule has 2 fully saturated rings. The number of anilines is 3. The van der Waals surface area contributed by atoms with E-state index >= 15 is 0 Å². The van der Waals surface area contributed by atoms with Crippen LogP contribution < -0.4 is 10.2 Å². The molecule has 3 aromatic rings. The number of aromatic nitrogens is 5. The molecule has 9 heteroatoms. The summed E-state index contributed by atoms with van der Waals surface area (Å²) in [6, 6.07) is 4.68. The maximum Gasteiger partial charge on any atom is 0.231 e. The molecule has 3 aliphatic rings. The Morgan fingerprint density at radius 2 is 1.80 bits per heavy atom. The minimum absolute atomic E-state index is 0.0222. The summed E-state index contributed by atoms with van der Waals surface area (Å²) in [7, 11) is 0. The molecule has 1 aliphatic heterocycles. The standard InChI is InChI=1S/C26H34N8O/c1-18(2)32-12-14-33(15-13-32)19-6-7-21(27-16-19)29-25-28-17-34-24(30-25)22-23(31-34)20(35)8-11-26(22)9-4-3-5-10-26/h6-7,16-18H,3-5,8-15H2,1-2H3,(H,27,29,30). The molecule has 0 aromatic carbocycles. The molecule has 0 unspecified atom stereocenters. The lowest BCUT2D eigenvalue weighted by molar-refractivity contribution is 0.0934. The van der Waals surface area contributed by atoms with Crippen LogP contribution in [0.5, 0.6) is 0 Å². The Labute approximate surface area is 206 Å². The van der Waals surface area contributed by atoms with Gasteiger partial charge in [-0.2, -0.15) is 10.1 Å². The first kappa shape index (κ1) is 22.4. The van der Waals surface area contributed by atoms with Crippen LogP contribution in [0.3, 0.4) is 0 Å². The van der Waals surface area contributed by atoms with Crippen LogP contribution in [0.15, 0.2) is 24.7 Å². The molecule has 1 saturated carbocycles. The molecule has 35 heavy (non-hydrogen) atoms. The average Bonchev–Trinajstić information content (AvgIpc) is 3.28. The topological polar surface area (TPSA) is 91.5 Å². The van der Waals surface area contributed by atoms with Crippen molar-refractivity contribution in [3.8, 4) is 0 Å². The van der Waals surface area contributed by atoms with E-state index in [-0.39, 0.29) is 11.2 Å². The molecule has 0 bridgehead atoms. The van der Waals surface area contributed by atoms with E-state index in [1.807, 2.05) is 12.3 Å². The molecule has 3 aromatic heterocycles. The largest absolute Gasteiger partial charge is 0.368 e. The van der Waals surface area contributed by atoms with Crippen molar-refractivity contribution in [1.82, 2.24) is 29.5 Å². The van der Waals surface area contributed by atoms with Gasteiger partial charge < -0.3 is 10.2 Å². The first-order valence-corrected chi connectivity index (χ1v) is 13.0. The van der Waals surface area contributed by atoms with Crippen LogP contribution >= 0.6 is 0 Å². The number of carbonyl (C=O) groups excluding carboxylic acids is 1. The Kier molecular flexibility index (Phi) is 5.67. The summed E-state index contributed by atoms with van der Waals surface area (Å²) in [5.41, 5.74) is 3.56. The number of ketones is 1. The molecule has 0 amide bonds. The number of nitrogens with one attached hydrogen (secondary N) is 1. The number of rotatable bonds is 4. The van der Waals surface area contributed by atoms with Crippen LogP contribution in [0.25, 0.3) is 5.65 Å². The van der Waals surface area contributed by atoms with Gasteiger partial charge in [0.2, 0.25) is 5.95 Å². The fourth-order valence-electron chi connectivity index (χ4n) is 6.18. The lowest BCUT2D eigenvalue weighted by Gasteiger charge is -2.39. The summed E-state index contributed by atoms with van der Waals surface area (Å²) in [6.45, 7) is 8.68. The van der Waals surface area contributed by atoms with Crippen LogP contribution in [0, 0.1) is 0 Å². The number of carbonyl (C=O) groups is 1. The first-order chi connectivity index (χ1) is 17.0. The maximum atomic E-state index is 12.7. The summed E-state index contributed by atoms with van der Waals surface area (Å²) >= 11 is 0. The molecular weight excluding hydrogens is 440 g/mol. The van der Waals surface area contributed by atoms with Gasteiger partial charge in [0.05, 0.1) is 11.9 Å². The second-order valence-electron chi connectivity index (χ2n) is 10.6. The average molecular weight is 475 g/mol. The van der Waals surface area contributed by atoms with Crippen LogP contribution in [-0.4, -0.2) is 67.5 Å². The summed E-state index contributed by atoms with van der Waals surface area (Å²) in [5.74, 6) is 1.31. The van der Waals surface area contributed by atoms with Crippen molar-refractivity contribution < 1.29 is 4.79 Å². The highest BCUT2D eigenvalue weighted by Gasteiger charge is 2.44. The van der Waals surface area contributed by atoms with Gasteiger partial charge in [0.1, 0.15) is 17.8 Å². The lowest BCUT2D eigenvalue weighted by Crippen LogP contribution is -2.48. The third kappa shape index (κ3) is 4.05. The smallest absolute Gasteiger partial charge is 0.231 e. The van der Waals surface area contributed by atoms with E-state index in [2.05, 4.69) is 50.1 Å². The highest BCUT2D eigenvalue weighted by molar-refractivity contribution is 5.99. The molecule has 6 rings (SSSR count). The minimum Gasteiger partial charge on any atom is -0.368 e. The fraction of sp³-hybridized carbons (Fsp3) is 0.577. The Morgan fingerprint density at radius 3 is 2.51 bits per heavy atom. The zero-order chi connectivity index (χ0) is 24.0. The normalized spacial score (nSPS) is 20.5. The second kappa shape index (κ2) is 8.86. The van der Waals surface area contributed by atoms with Crippen LogP contribution in [0.4, 0.5) is 17.5 Å². The fourth-order valence-corrected chi connectivity index (χ4v) is 6.18. The number of piperazine rings is 1.